The van der Waals surface area contributed by atoms with Gasteiger partial charge in [-0.05, 0) is 40.5 Å². The fraction of sp³-hybridized carbons (Fsp3) is 0.500. The third-order valence-electron chi connectivity index (χ3n) is 3.54. The second kappa shape index (κ2) is 6.95. The van der Waals surface area contributed by atoms with Crippen molar-refractivity contribution in [3.63, 3.8) is 0 Å². The molecule has 1 amide bonds. The monoisotopic (exact) mass is 372 g/mol. The van der Waals surface area contributed by atoms with Gasteiger partial charge < -0.3 is 14.8 Å². The molecule has 8 heteroatoms. The molecule has 2 rings (SSSR count). The van der Waals surface area contributed by atoms with Gasteiger partial charge in [0.15, 0.2) is 11.5 Å². The molecule has 0 bridgehead atoms. The average Bonchev–Trinajstić information content (AvgIpc) is 2.48. The summed E-state index contributed by atoms with van der Waals surface area (Å²) in [6.45, 7) is 2.32. The molecular formula is C14H17BrN2O5. The van der Waals surface area contributed by atoms with Gasteiger partial charge in [0.25, 0.3) is 0 Å². The van der Waals surface area contributed by atoms with Crippen molar-refractivity contribution in [2.75, 3.05) is 13.7 Å². The zero-order valence-electron chi connectivity index (χ0n) is 12.3. The molecule has 0 unspecified atom stereocenters. The number of piperidine rings is 1. The van der Waals surface area contributed by atoms with E-state index in [1.807, 2.05) is 6.92 Å². The molecule has 0 radical (unpaired) electrons. The van der Waals surface area contributed by atoms with E-state index in [1.165, 1.54) is 7.11 Å². The number of benzene rings is 1. The Bertz CT molecular complexity index is 593. The maximum atomic E-state index is 11.6. The Kier molecular flexibility index (Phi) is 5.23. The Morgan fingerprint density at radius 3 is 2.82 bits per heavy atom. The van der Waals surface area contributed by atoms with Crippen molar-refractivity contribution in [2.45, 2.75) is 31.8 Å². The van der Waals surface area contributed by atoms with Gasteiger partial charge in [0.1, 0.15) is 6.04 Å². The summed E-state index contributed by atoms with van der Waals surface area (Å²) < 4.78 is 11.4. The van der Waals surface area contributed by atoms with E-state index in [-0.39, 0.29) is 23.7 Å². The SMILES string of the molecule is CCOc1c(Br)cc([C@@H]2NC(=O)CC[C@H]2[N+](=O)[O-])cc1OC. The number of methoxy groups -OCH3 is 1. The number of hydrogen-bond acceptors (Lipinski definition) is 5. The van der Waals surface area contributed by atoms with Crippen LogP contribution < -0.4 is 14.8 Å². The second-order valence-corrected chi connectivity index (χ2v) is 5.76. The molecule has 1 N–H and O–H groups in total. The van der Waals surface area contributed by atoms with Crippen LogP contribution >= 0.6 is 15.9 Å². The summed E-state index contributed by atoms with van der Waals surface area (Å²) in [5, 5.41) is 13.9. The quantitative estimate of drug-likeness (QED) is 0.633. The van der Waals surface area contributed by atoms with Crippen molar-refractivity contribution in [3.8, 4) is 11.5 Å². The topological polar surface area (TPSA) is 90.7 Å². The molecule has 2 atom stereocenters. The highest BCUT2D eigenvalue weighted by molar-refractivity contribution is 9.10. The van der Waals surface area contributed by atoms with Crippen molar-refractivity contribution in [3.05, 3.63) is 32.3 Å². The fourth-order valence-corrected chi connectivity index (χ4v) is 3.10. The lowest BCUT2D eigenvalue weighted by Crippen LogP contribution is -2.45. The number of hydrogen-bond donors (Lipinski definition) is 1. The van der Waals surface area contributed by atoms with E-state index in [2.05, 4.69) is 21.2 Å². The predicted octanol–water partition coefficient (Wildman–Crippen LogP) is 2.45. The highest BCUT2D eigenvalue weighted by atomic mass is 79.9. The number of carbonyl (C=O) groups is 1. The first-order valence-electron chi connectivity index (χ1n) is 6.91. The van der Waals surface area contributed by atoms with Crippen LogP contribution in [0.2, 0.25) is 0 Å². The average molecular weight is 373 g/mol. The largest absolute Gasteiger partial charge is 0.493 e. The number of halogens is 1. The lowest BCUT2D eigenvalue weighted by molar-refractivity contribution is -0.529. The summed E-state index contributed by atoms with van der Waals surface area (Å²) in [5.74, 6) is 0.814. The molecule has 1 aromatic carbocycles. The Hall–Kier alpha value is -1.83. The molecular weight excluding hydrogens is 356 g/mol. The normalized spacial score (nSPS) is 21.1. The summed E-state index contributed by atoms with van der Waals surface area (Å²) in [5.41, 5.74) is 0.613. The van der Waals surface area contributed by atoms with Gasteiger partial charge >= 0.3 is 0 Å². The number of nitrogens with one attached hydrogen (secondary N) is 1. The van der Waals surface area contributed by atoms with Crippen LogP contribution in [0.25, 0.3) is 0 Å². The summed E-state index contributed by atoms with van der Waals surface area (Å²) in [6.07, 6.45) is 0.383. The standard InChI is InChI=1S/C14H17BrN2O5/c1-3-22-14-9(15)6-8(7-11(14)21-2)13-10(17(19)20)4-5-12(18)16-13/h6-7,10,13H,3-5H2,1-2H3,(H,16,18)/t10-,13+/m1/s1. The van der Waals surface area contributed by atoms with Crippen LogP contribution in [0.3, 0.4) is 0 Å². The predicted molar refractivity (Wildman–Crippen MR) is 82.8 cm³/mol. The van der Waals surface area contributed by atoms with Gasteiger partial charge in [0.05, 0.1) is 18.2 Å². The number of nitrogens with zero attached hydrogens (tertiary/aromatic N) is 1. The molecule has 0 aliphatic carbocycles. The number of amides is 1. The summed E-state index contributed by atoms with van der Waals surface area (Å²) >= 11 is 3.39. The van der Waals surface area contributed by atoms with Crippen LogP contribution in [0.4, 0.5) is 0 Å². The summed E-state index contributed by atoms with van der Waals surface area (Å²) in [4.78, 5) is 22.5. The van der Waals surface area contributed by atoms with Gasteiger partial charge in [0, 0.05) is 17.8 Å². The third-order valence-corrected chi connectivity index (χ3v) is 4.13. The molecule has 1 heterocycles. The minimum Gasteiger partial charge on any atom is -0.493 e. The van der Waals surface area contributed by atoms with Crippen LogP contribution in [0, 0.1) is 10.1 Å². The number of nitro groups is 1. The van der Waals surface area contributed by atoms with Gasteiger partial charge in [-0.15, -0.1) is 0 Å². The van der Waals surface area contributed by atoms with Gasteiger partial charge in [-0.2, -0.15) is 0 Å². The summed E-state index contributed by atoms with van der Waals surface area (Å²) in [7, 11) is 1.50. The molecule has 1 fully saturated rings. The van der Waals surface area contributed by atoms with E-state index < -0.39 is 12.1 Å². The number of rotatable bonds is 5. The van der Waals surface area contributed by atoms with E-state index in [0.717, 1.165) is 0 Å². The first-order valence-corrected chi connectivity index (χ1v) is 7.70. The minimum atomic E-state index is -0.854. The number of ether oxygens (including phenoxy) is 2. The van der Waals surface area contributed by atoms with Crippen molar-refractivity contribution < 1.29 is 19.2 Å². The zero-order chi connectivity index (χ0) is 16.3. The highest BCUT2D eigenvalue weighted by Crippen LogP contribution is 2.39. The molecule has 0 aromatic heterocycles. The maximum Gasteiger partial charge on any atom is 0.237 e. The van der Waals surface area contributed by atoms with Crippen LogP contribution in [0.15, 0.2) is 16.6 Å². The molecule has 0 spiro atoms. The Balaban J connectivity index is 2.43. The molecule has 1 aromatic rings. The molecule has 1 aliphatic rings. The van der Waals surface area contributed by atoms with E-state index in [1.54, 1.807) is 12.1 Å². The van der Waals surface area contributed by atoms with Crippen molar-refractivity contribution in [2.24, 2.45) is 0 Å². The molecule has 120 valence electrons. The first-order chi connectivity index (χ1) is 10.5. The van der Waals surface area contributed by atoms with Gasteiger partial charge in [-0.25, -0.2) is 0 Å². The smallest absolute Gasteiger partial charge is 0.237 e. The zero-order valence-corrected chi connectivity index (χ0v) is 13.9. The van der Waals surface area contributed by atoms with E-state index in [0.29, 0.717) is 28.1 Å². The third kappa shape index (κ3) is 3.32. The molecule has 22 heavy (non-hydrogen) atoms. The minimum absolute atomic E-state index is 0.164. The van der Waals surface area contributed by atoms with Crippen molar-refractivity contribution in [1.82, 2.24) is 5.32 Å². The molecule has 0 saturated carbocycles. The van der Waals surface area contributed by atoms with Crippen LogP contribution in [0.5, 0.6) is 11.5 Å². The van der Waals surface area contributed by atoms with E-state index >= 15 is 0 Å². The number of carbonyl (C=O) groups excluding carboxylic acids is 1. The second-order valence-electron chi connectivity index (χ2n) is 4.90. The van der Waals surface area contributed by atoms with E-state index in [9.17, 15) is 14.9 Å². The molecule has 7 nitrogen and oxygen atoms in total. The first kappa shape index (κ1) is 16.5. The van der Waals surface area contributed by atoms with E-state index in [4.69, 9.17) is 9.47 Å². The van der Waals surface area contributed by atoms with Crippen LogP contribution in [-0.2, 0) is 4.79 Å². The maximum absolute atomic E-state index is 11.6. The van der Waals surface area contributed by atoms with Crippen LogP contribution in [-0.4, -0.2) is 30.6 Å². The van der Waals surface area contributed by atoms with Crippen LogP contribution in [0.1, 0.15) is 31.4 Å². The fourth-order valence-electron chi connectivity index (χ4n) is 2.52. The molecule has 1 saturated heterocycles. The van der Waals surface area contributed by atoms with Gasteiger partial charge in [-0.1, -0.05) is 0 Å². The Morgan fingerprint density at radius 2 is 2.23 bits per heavy atom. The van der Waals surface area contributed by atoms with Gasteiger partial charge in [-0.3, -0.25) is 14.9 Å². The molecule has 1 aliphatic heterocycles. The Labute approximate surface area is 136 Å². The van der Waals surface area contributed by atoms with Crippen molar-refractivity contribution in [1.29, 1.82) is 0 Å². The summed E-state index contributed by atoms with van der Waals surface area (Å²) in [6, 6.07) is 1.85. The lowest BCUT2D eigenvalue weighted by Gasteiger charge is -2.27. The van der Waals surface area contributed by atoms with Crippen molar-refractivity contribution >= 4 is 21.8 Å². The van der Waals surface area contributed by atoms with Gasteiger partial charge in [0.2, 0.25) is 11.9 Å². The Morgan fingerprint density at radius 1 is 1.50 bits per heavy atom. The lowest BCUT2D eigenvalue weighted by atomic mass is 9.92. The highest BCUT2D eigenvalue weighted by Gasteiger charge is 2.38.